The van der Waals surface area contributed by atoms with Gasteiger partial charge in [-0.1, -0.05) is 0 Å². The number of aryl methyl sites for hydroxylation is 1. The van der Waals surface area contributed by atoms with Crippen LogP contribution in [0.15, 0.2) is 23.1 Å². The fourth-order valence-electron chi connectivity index (χ4n) is 2.46. The minimum Gasteiger partial charge on any atom is -0.481 e. The van der Waals surface area contributed by atoms with Crippen LogP contribution in [0.4, 0.5) is 5.82 Å². The van der Waals surface area contributed by atoms with E-state index in [2.05, 4.69) is 24.8 Å². The fourth-order valence-corrected chi connectivity index (χ4v) is 2.46. The van der Waals surface area contributed by atoms with Gasteiger partial charge in [-0.3, -0.25) is 4.90 Å². The van der Waals surface area contributed by atoms with Crippen LogP contribution in [0.3, 0.4) is 0 Å². The van der Waals surface area contributed by atoms with Gasteiger partial charge < -0.3 is 14.1 Å². The number of oxazole rings is 1. The highest BCUT2D eigenvalue weighted by molar-refractivity contribution is 5.41. The third-order valence-electron chi connectivity index (χ3n) is 3.59. The zero-order chi connectivity index (χ0) is 14.7. The summed E-state index contributed by atoms with van der Waals surface area (Å²) >= 11 is 0. The highest BCUT2D eigenvalue weighted by Crippen LogP contribution is 2.17. The van der Waals surface area contributed by atoms with Crippen LogP contribution >= 0.6 is 0 Å². The Morgan fingerprint density at radius 1 is 1.24 bits per heavy atom. The molecule has 0 N–H and O–H groups in total. The van der Waals surface area contributed by atoms with E-state index in [0.717, 1.165) is 50.1 Å². The monoisotopic (exact) mass is 289 g/mol. The standard InChI is InChI=1S/C14H19N5O2/c1-11-17-12(9-21-11)8-18-3-5-19(6-4-18)13-7-14(20-2)16-10-15-13/h7,9-10H,3-6,8H2,1-2H3. The first-order chi connectivity index (χ1) is 10.2. The second kappa shape index (κ2) is 6.09. The molecule has 21 heavy (non-hydrogen) atoms. The predicted octanol–water partition coefficient (Wildman–Crippen LogP) is 1.10. The Morgan fingerprint density at radius 2 is 2.05 bits per heavy atom. The molecule has 1 fully saturated rings. The van der Waals surface area contributed by atoms with Crippen molar-refractivity contribution < 1.29 is 9.15 Å². The van der Waals surface area contributed by atoms with E-state index in [9.17, 15) is 0 Å². The molecule has 0 aromatic carbocycles. The predicted molar refractivity (Wildman–Crippen MR) is 77.3 cm³/mol. The number of anilines is 1. The Hall–Kier alpha value is -2.15. The summed E-state index contributed by atoms with van der Waals surface area (Å²) in [4.78, 5) is 17.3. The Labute approximate surface area is 123 Å². The van der Waals surface area contributed by atoms with E-state index in [1.54, 1.807) is 19.7 Å². The SMILES string of the molecule is COc1cc(N2CCN(Cc3coc(C)n3)CC2)ncn1. The summed E-state index contributed by atoms with van der Waals surface area (Å²) in [5.74, 6) is 2.23. The van der Waals surface area contributed by atoms with Crippen molar-refractivity contribution in [1.29, 1.82) is 0 Å². The molecule has 1 aliphatic heterocycles. The van der Waals surface area contributed by atoms with Crippen LogP contribution in [0.5, 0.6) is 5.88 Å². The van der Waals surface area contributed by atoms with Crippen LogP contribution in [-0.2, 0) is 6.54 Å². The Bertz CT molecular complexity index is 593. The maximum absolute atomic E-state index is 5.24. The topological polar surface area (TPSA) is 67.5 Å². The van der Waals surface area contributed by atoms with Crippen molar-refractivity contribution >= 4 is 5.82 Å². The number of hydrogen-bond acceptors (Lipinski definition) is 7. The molecule has 112 valence electrons. The van der Waals surface area contributed by atoms with Gasteiger partial charge in [0.05, 0.1) is 12.8 Å². The first-order valence-electron chi connectivity index (χ1n) is 6.99. The minimum absolute atomic E-state index is 0.598. The van der Waals surface area contributed by atoms with Crippen molar-refractivity contribution in [1.82, 2.24) is 19.9 Å². The van der Waals surface area contributed by atoms with Crippen LogP contribution in [-0.4, -0.2) is 53.1 Å². The van der Waals surface area contributed by atoms with Gasteiger partial charge in [0.1, 0.15) is 18.4 Å². The highest BCUT2D eigenvalue weighted by atomic mass is 16.5. The lowest BCUT2D eigenvalue weighted by Gasteiger charge is -2.34. The van der Waals surface area contributed by atoms with Gasteiger partial charge in [-0.05, 0) is 0 Å². The number of hydrogen-bond donors (Lipinski definition) is 0. The van der Waals surface area contributed by atoms with Gasteiger partial charge in [-0.2, -0.15) is 0 Å². The molecular weight excluding hydrogens is 270 g/mol. The number of ether oxygens (including phenoxy) is 1. The van der Waals surface area contributed by atoms with E-state index >= 15 is 0 Å². The largest absolute Gasteiger partial charge is 0.481 e. The van der Waals surface area contributed by atoms with Crippen LogP contribution in [0.2, 0.25) is 0 Å². The lowest BCUT2D eigenvalue weighted by Crippen LogP contribution is -2.46. The zero-order valence-corrected chi connectivity index (χ0v) is 12.3. The zero-order valence-electron chi connectivity index (χ0n) is 12.3. The molecule has 1 saturated heterocycles. The van der Waals surface area contributed by atoms with Crippen molar-refractivity contribution in [3.63, 3.8) is 0 Å². The summed E-state index contributed by atoms with van der Waals surface area (Å²) < 4.78 is 10.4. The van der Waals surface area contributed by atoms with E-state index in [0.29, 0.717) is 5.88 Å². The summed E-state index contributed by atoms with van der Waals surface area (Å²) in [6, 6.07) is 1.87. The van der Waals surface area contributed by atoms with Gasteiger partial charge in [0, 0.05) is 45.7 Å². The molecule has 3 heterocycles. The number of methoxy groups -OCH3 is 1. The minimum atomic E-state index is 0.598. The molecular formula is C14H19N5O2. The van der Waals surface area contributed by atoms with Crippen molar-refractivity contribution in [2.75, 3.05) is 38.2 Å². The molecule has 0 radical (unpaired) electrons. The van der Waals surface area contributed by atoms with E-state index in [1.807, 2.05) is 13.0 Å². The van der Waals surface area contributed by atoms with Crippen molar-refractivity contribution in [3.8, 4) is 5.88 Å². The molecule has 1 aliphatic rings. The van der Waals surface area contributed by atoms with Crippen molar-refractivity contribution in [3.05, 3.63) is 30.2 Å². The van der Waals surface area contributed by atoms with Gasteiger partial charge in [-0.25, -0.2) is 15.0 Å². The molecule has 7 heteroatoms. The van der Waals surface area contributed by atoms with Crippen molar-refractivity contribution in [2.24, 2.45) is 0 Å². The molecule has 0 saturated carbocycles. The van der Waals surface area contributed by atoms with Gasteiger partial charge in [0.2, 0.25) is 5.88 Å². The lowest BCUT2D eigenvalue weighted by atomic mass is 10.3. The smallest absolute Gasteiger partial charge is 0.218 e. The quantitative estimate of drug-likeness (QED) is 0.835. The second-order valence-electron chi connectivity index (χ2n) is 5.04. The number of nitrogens with zero attached hydrogens (tertiary/aromatic N) is 5. The Morgan fingerprint density at radius 3 is 2.71 bits per heavy atom. The molecule has 0 unspecified atom stereocenters. The molecule has 2 aromatic rings. The third-order valence-corrected chi connectivity index (χ3v) is 3.59. The van der Waals surface area contributed by atoms with Gasteiger partial charge in [0.25, 0.3) is 0 Å². The summed E-state index contributed by atoms with van der Waals surface area (Å²) in [5.41, 5.74) is 0.990. The second-order valence-corrected chi connectivity index (χ2v) is 5.04. The third kappa shape index (κ3) is 3.30. The first kappa shape index (κ1) is 13.8. The maximum Gasteiger partial charge on any atom is 0.218 e. The Kier molecular flexibility index (Phi) is 4.01. The van der Waals surface area contributed by atoms with Crippen LogP contribution in [0, 0.1) is 6.92 Å². The summed E-state index contributed by atoms with van der Waals surface area (Å²) in [5, 5.41) is 0. The molecule has 2 aromatic heterocycles. The van der Waals surface area contributed by atoms with Crippen molar-refractivity contribution in [2.45, 2.75) is 13.5 Å². The van der Waals surface area contributed by atoms with Gasteiger partial charge in [0.15, 0.2) is 5.89 Å². The molecule has 0 bridgehead atoms. The summed E-state index contributed by atoms with van der Waals surface area (Å²) in [6.45, 7) is 6.49. The van der Waals surface area contributed by atoms with E-state index in [-0.39, 0.29) is 0 Å². The highest BCUT2D eigenvalue weighted by Gasteiger charge is 2.19. The maximum atomic E-state index is 5.24. The molecule has 0 spiro atoms. The number of piperazine rings is 1. The van der Waals surface area contributed by atoms with Crippen LogP contribution in [0.25, 0.3) is 0 Å². The van der Waals surface area contributed by atoms with E-state index in [4.69, 9.17) is 9.15 Å². The normalized spacial score (nSPS) is 16.2. The van der Waals surface area contributed by atoms with Gasteiger partial charge >= 0.3 is 0 Å². The molecule has 0 aliphatic carbocycles. The lowest BCUT2D eigenvalue weighted by molar-refractivity contribution is 0.246. The van der Waals surface area contributed by atoms with E-state index < -0.39 is 0 Å². The number of rotatable bonds is 4. The fraction of sp³-hybridized carbons (Fsp3) is 0.500. The molecule has 0 amide bonds. The molecule has 0 atom stereocenters. The first-order valence-corrected chi connectivity index (χ1v) is 6.99. The van der Waals surface area contributed by atoms with Crippen LogP contribution in [0.1, 0.15) is 11.6 Å². The number of aromatic nitrogens is 3. The summed E-state index contributed by atoms with van der Waals surface area (Å²) in [7, 11) is 1.62. The van der Waals surface area contributed by atoms with E-state index in [1.165, 1.54) is 0 Å². The molecule has 3 rings (SSSR count). The van der Waals surface area contributed by atoms with Gasteiger partial charge in [-0.15, -0.1) is 0 Å². The Balaban J connectivity index is 1.57. The average Bonchev–Trinajstić information content (AvgIpc) is 2.93. The average molecular weight is 289 g/mol. The summed E-state index contributed by atoms with van der Waals surface area (Å²) in [6.07, 6.45) is 3.27. The van der Waals surface area contributed by atoms with Crippen LogP contribution < -0.4 is 9.64 Å². The molecule has 7 nitrogen and oxygen atoms in total.